The Hall–Kier alpha value is -3.49. The van der Waals surface area contributed by atoms with Crippen molar-refractivity contribution in [3.05, 3.63) is 87.9 Å². The fourth-order valence-electron chi connectivity index (χ4n) is 3.85. The van der Waals surface area contributed by atoms with Crippen LogP contribution in [0.25, 0.3) is 11.1 Å². The van der Waals surface area contributed by atoms with E-state index in [9.17, 15) is 4.79 Å². The monoisotopic (exact) mass is 535 g/mol. The van der Waals surface area contributed by atoms with Crippen molar-refractivity contribution < 1.29 is 9.21 Å². The first kappa shape index (κ1) is 22.3. The molecule has 9 heteroatoms. The number of carbonyl (C=O) groups is 1. The van der Waals surface area contributed by atoms with Gasteiger partial charge in [-0.05, 0) is 42.8 Å². The molecule has 1 aliphatic heterocycles. The predicted octanol–water partition coefficient (Wildman–Crippen LogP) is 6.48. The van der Waals surface area contributed by atoms with E-state index in [0.29, 0.717) is 28.0 Å². The first-order chi connectivity index (χ1) is 16.5. The molecule has 2 unspecified atom stereocenters. The van der Waals surface area contributed by atoms with Crippen LogP contribution in [-0.2, 0) is 4.79 Å². The standard InChI is InChI=1S/C25H19BrClN5O2/c1-14-21(23(33)29-18-11-5-4-10-17(18)27)22(15-8-2-3-9-16(15)26)31-24(28-14)32-25-30-19-12-6-7-13-20(19)34-25/h2-13,21-22H,1H3,(H,29,33)(H,30,31,32). The summed E-state index contributed by atoms with van der Waals surface area (Å²) in [5.74, 6) is -0.587. The Bertz CT molecular complexity index is 1420. The summed E-state index contributed by atoms with van der Waals surface area (Å²) in [6, 6.07) is 22.0. The molecule has 1 aliphatic rings. The first-order valence-electron chi connectivity index (χ1n) is 10.5. The van der Waals surface area contributed by atoms with E-state index in [1.54, 1.807) is 12.1 Å². The Kier molecular flexibility index (Phi) is 6.17. The molecule has 3 aromatic carbocycles. The van der Waals surface area contributed by atoms with E-state index >= 15 is 0 Å². The lowest BCUT2D eigenvalue weighted by molar-refractivity contribution is -0.118. The van der Waals surface area contributed by atoms with E-state index < -0.39 is 12.0 Å². The summed E-state index contributed by atoms with van der Waals surface area (Å²) in [7, 11) is 0. The Morgan fingerprint density at radius 3 is 2.56 bits per heavy atom. The van der Waals surface area contributed by atoms with Crippen LogP contribution in [0, 0.1) is 5.92 Å². The molecule has 0 spiro atoms. The van der Waals surface area contributed by atoms with Gasteiger partial charge in [-0.2, -0.15) is 4.98 Å². The molecule has 7 nitrogen and oxygen atoms in total. The van der Waals surface area contributed by atoms with E-state index in [1.165, 1.54) is 0 Å². The zero-order valence-corrected chi connectivity index (χ0v) is 20.3. The van der Waals surface area contributed by atoms with Crippen molar-refractivity contribution in [2.45, 2.75) is 13.0 Å². The summed E-state index contributed by atoms with van der Waals surface area (Å²) in [4.78, 5) is 27.2. The lowest BCUT2D eigenvalue weighted by Crippen LogP contribution is -2.37. The van der Waals surface area contributed by atoms with Gasteiger partial charge in [0.05, 0.1) is 16.8 Å². The summed E-state index contributed by atoms with van der Waals surface area (Å²) in [6.07, 6.45) is 0. The highest BCUT2D eigenvalue weighted by Gasteiger charge is 2.36. The number of carbonyl (C=O) groups excluding carboxylic acids is 1. The average Bonchev–Trinajstić information content (AvgIpc) is 3.22. The van der Waals surface area contributed by atoms with E-state index in [0.717, 1.165) is 15.6 Å². The lowest BCUT2D eigenvalue weighted by Gasteiger charge is -2.28. The third kappa shape index (κ3) is 4.47. The molecule has 2 heterocycles. The topological polar surface area (TPSA) is 91.9 Å². The number of nitrogens with zero attached hydrogens (tertiary/aromatic N) is 3. The number of halogens is 2. The lowest BCUT2D eigenvalue weighted by atomic mass is 9.88. The molecule has 0 aliphatic carbocycles. The number of aliphatic imine (C=N–C) groups is 2. The van der Waals surface area contributed by atoms with Gasteiger partial charge in [0.25, 0.3) is 0 Å². The molecule has 0 saturated carbocycles. The summed E-state index contributed by atoms with van der Waals surface area (Å²) < 4.78 is 6.60. The zero-order chi connectivity index (χ0) is 23.7. The van der Waals surface area contributed by atoms with Gasteiger partial charge in [0, 0.05) is 10.2 Å². The number of guanidine groups is 1. The van der Waals surface area contributed by atoms with Crippen molar-refractivity contribution in [1.82, 2.24) is 4.98 Å². The smallest absolute Gasteiger partial charge is 0.302 e. The maximum Gasteiger partial charge on any atom is 0.302 e. The minimum atomic E-state index is -0.649. The molecule has 4 aromatic rings. The fourth-order valence-corrected chi connectivity index (χ4v) is 4.55. The number of fused-ring (bicyclic) bond motifs is 1. The number of amides is 1. The molecule has 1 aromatic heterocycles. The van der Waals surface area contributed by atoms with Crippen LogP contribution in [0.2, 0.25) is 5.02 Å². The van der Waals surface area contributed by atoms with Gasteiger partial charge in [0.2, 0.25) is 11.9 Å². The average molecular weight is 537 g/mol. The Balaban J connectivity index is 1.50. The Morgan fingerprint density at radius 1 is 1.03 bits per heavy atom. The molecule has 34 heavy (non-hydrogen) atoms. The molecule has 0 saturated heterocycles. The predicted molar refractivity (Wildman–Crippen MR) is 139 cm³/mol. The molecule has 0 radical (unpaired) electrons. The number of rotatable bonds is 4. The normalized spacial score (nSPS) is 17.7. The van der Waals surface area contributed by atoms with Gasteiger partial charge in [-0.3, -0.25) is 10.1 Å². The second kappa shape index (κ2) is 9.40. The highest BCUT2D eigenvalue weighted by molar-refractivity contribution is 9.10. The maximum atomic E-state index is 13.4. The molecular formula is C25H19BrClN5O2. The second-order valence-electron chi connectivity index (χ2n) is 7.73. The van der Waals surface area contributed by atoms with E-state index in [2.05, 4.69) is 36.5 Å². The van der Waals surface area contributed by atoms with Crippen LogP contribution in [0.15, 0.2) is 91.7 Å². The van der Waals surface area contributed by atoms with Crippen LogP contribution >= 0.6 is 27.5 Å². The number of hydrogen-bond donors (Lipinski definition) is 2. The van der Waals surface area contributed by atoms with Gasteiger partial charge >= 0.3 is 6.01 Å². The van der Waals surface area contributed by atoms with Gasteiger partial charge in [-0.1, -0.05) is 70.0 Å². The van der Waals surface area contributed by atoms with Crippen LogP contribution in [0.5, 0.6) is 0 Å². The summed E-state index contributed by atoms with van der Waals surface area (Å²) >= 11 is 9.87. The van der Waals surface area contributed by atoms with Gasteiger partial charge < -0.3 is 9.73 Å². The van der Waals surface area contributed by atoms with Crippen molar-refractivity contribution in [2.24, 2.45) is 15.9 Å². The van der Waals surface area contributed by atoms with Crippen molar-refractivity contribution >= 4 is 67.9 Å². The van der Waals surface area contributed by atoms with Crippen molar-refractivity contribution in [1.29, 1.82) is 0 Å². The van der Waals surface area contributed by atoms with Crippen LogP contribution in [-0.4, -0.2) is 22.6 Å². The number of aromatic nitrogens is 1. The number of para-hydroxylation sites is 3. The van der Waals surface area contributed by atoms with Crippen molar-refractivity contribution in [3.63, 3.8) is 0 Å². The second-order valence-corrected chi connectivity index (χ2v) is 8.99. The van der Waals surface area contributed by atoms with Crippen LogP contribution in [0.3, 0.4) is 0 Å². The van der Waals surface area contributed by atoms with Gasteiger partial charge in [0.15, 0.2) is 5.58 Å². The number of hydrogen-bond acceptors (Lipinski definition) is 6. The first-order valence-corrected chi connectivity index (χ1v) is 11.7. The zero-order valence-electron chi connectivity index (χ0n) is 18.0. The Labute approximate surface area is 209 Å². The van der Waals surface area contributed by atoms with Crippen LogP contribution < -0.4 is 10.6 Å². The van der Waals surface area contributed by atoms with E-state index in [1.807, 2.05) is 67.6 Å². The van der Waals surface area contributed by atoms with Crippen molar-refractivity contribution in [3.8, 4) is 0 Å². The third-order valence-corrected chi connectivity index (χ3v) is 6.51. The molecule has 2 atom stereocenters. The molecule has 2 N–H and O–H groups in total. The van der Waals surface area contributed by atoms with Crippen molar-refractivity contribution in [2.75, 3.05) is 10.6 Å². The summed E-state index contributed by atoms with van der Waals surface area (Å²) in [6.45, 7) is 1.81. The fraction of sp³-hybridized carbons (Fsp3) is 0.120. The van der Waals surface area contributed by atoms with Crippen LogP contribution in [0.1, 0.15) is 18.5 Å². The molecule has 5 rings (SSSR count). The quantitative estimate of drug-likeness (QED) is 0.312. The molecule has 0 bridgehead atoms. The number of benzene rings is 3. The molecule has 1 amide bonds. The van der Waals surface area contributed by atoms with E-state index in [-0.39, 0.29) is 11.9 Å². The highest BCUT2D eigenvalue weighted by atomic mass is 79.9. The van der Waals surface area contributed by atoms with Crippen LogP contribution in [0.4, 0.5) is 11.7 Å². The highest BCUT2D eigenvalue weighted by Crippen LogP contribution is 2.36. The van der Waals surface area contributed by atoms with Gasteiger partial charge in [0.1, 0.15) is 11.4 Å². The van der Waals surface area contributed by atoms with Gasteiger partial charge in [-0.15, -0.1) is 0 Å². The summed E-state index contributed by atoms with van der Waals surface area (Å²) in [5.41, 5.74) is 3.36. The third-order valence-electron chi connectivity index (χ3n) is 5.46. The minimum absolute atomic E-state index is 0.250. The number of oxazole rings is 1. The molecule has 0 fully saturated rings. The number of nitrogens with one attached hydrogen (secondary N) is 2. The molecule has 170 valence electrons. The summed E-state index contributed by atoms with van der Waals surface area (Å²) in [5, 5.41) is 6.44. The largest absolute Gasteiger partial charge is 0.423 e. The Morgan fingerprint density at radius 2 is 1.76 bits per heavy atom. The van der Waals surface area contributed by atoms with E-state index in [4.69, 9.17) is 21.0 Å². The molecular weight excluding hydrogens is 518 g/mol. The maximum absolute atomic E-state index is 13.4. The minimum Gasteiger partial charge on any atom is -0.423 e. The number of anilines is 2. The SMILES string of the molecule is CC1=NC(Nc2nc3ccccc3o2)=NC(c2ccccc2Br)C1C(=O)Nc1ccccc1Cl. The van der Waals surface area contributed by atoms with Gasteiger partial charge in [-0.25, -0.2) is 9.98 Å².